The largest absolute Gasteiger partial charge is 0.365 e. The summed E-state index contributed by atoms with van der Waals surface area (Å²) in [5.41, 5.74) is 2.52. The maximum Gasteiger partial charge on any atom is 0.254 e. The van der Waals surface area contributed by atoms with Gasteiger partial charge in [0.05, 0.1) is 23.9 Å². The summed E-state index contributed by atoms with van der Waals surface area (Å²) in [7, 11) is 0. The highest BCUT2D eigenvalue weighted by atomic mass is 16.2. The zero-order valence-corrected chi connectivity index (χ0v) is 14.7. The Hall–Kier alpha value is -2.57. The van der Waals surface area contributed by atoms with Crippen LogP contribution in [0.4, 0.5) is 0 Å². The van der Waals surface area contributed by atoms with Gasteiger partial charge in [-0.15, -0.1) is 0 Å². The molecule has 2 aromatic heterocycles. The molecule has 25 heavy (non-hydrogen) atoms. The Bertz CT molecular complexity index is 733. The Morgan fingerprint density at radius 2 is 2.28 bits per heavy atom. The van der Waals surface area contributed by atoms with Gasteiger partial charge in [-0.3, -0.25) is 14.3 Å². The molecule has 7 nitrogen and oxygen atoms in total. The van der Waals surface area contributed by atoms with Gasteiger partial charge in [0.2, 0.25) is 5.91 Å². The second-order valence-corrected chi connectivity index (χ2v) is 6.89. The van der Waals surface area contributed by atoms with E-state index < -0.39 is 0 Å². The van der Waals surface area contributed by atoms with Crippen LogP contribution in [0.25, 0.3) is 0 Å². The predicted molar refractivity (Wildman–Crippen MR) is 94.1 cm³/mol. The number of hydrogen-bond donors (Lipinski definition) is 3. The fourth-order valence-electron chi connectivity index (χ4n) is 3.17. The first kappa shape index (κ1) is 17.3. The van der Waals surface area contributed by atoms with Gasteiger partial charge in [0.25, 0.3) is 5.91 Å². The molecule has 3 heterocycles. The van der Waals surface area contributed by atoms with Gasteiger partial charge in [0.15, 0.2) is 0 Å². The smallest absolute Gasteiger partial charge is 0.254 e. The number of nitrogens with one attached hydrogen (secondary N) is 3. The van der Waals surface area contributed by atoms with Gasteiger partial charge < -0.3 is 15.6 Å². The number of amides is 2. The first-order valence-corrected chi connectivity index (χ1v) is 8.77. The van der Waals surface area contributed by atoms with Gasteiger partial charge in [0, 0.05) is 31.0 Å². The molecule has 3 N–H and O–H groups in total. The minimum Gasteiger partial charge on any atom is -0.365 e. The second kappa shape index (κ2) is 7.55. The standard InChI is InChI=1S/C18H25N5O2/c1-12(2)22-18(25)15-11-21-23-7-5-13(8-16(15)23)10-20-17(24)9-14-4-3-6-19-14/h3-4,6,11-13,19H,5,7-10H2,1-2H3,(H,20,24)(H,22,25)/t13-/m0/s1. The summed E-state index contributed by atoms with van der Waals surface area (Å²) in [5, 5.41) is 10.3. The number of fused-ring (bicyclic) bond motifs is 1. The number of aromatic nitrogens is 3. The van der Waals surface area contributed by atoms with Crippen molar-refractivity contribution >= 4 is 11.8 Å². The summed E-state index contributed by atoms with van der Waals surface area (Å²) in [6, 6.07) is 3.88. The number of nitrogens with zero attached hydrogens (tertiary/aromatic N) is 2. The molecule has 2 amide bonds. The number of H-pyrrole nitrogens is 1. The number of hydrogen-bond acceptors (Lipinski definition) is 3. The fraction of sp³-hybridized carbons (Fsp3) is 0.500. The van der Waals surface area contributed by atoms with Crippen LogP contribution < -0.4 is 10.6 Å². The average Bonchev–Trinajstić information content (AvgIpc) is 3.21. The zero-order chi connectivity index (χ0) is 17.8. The summed E-state index contributed by atoms with van der Waals surface area (Å²) in [4.78, 5) is 27.4. The molecule has 0 aromatic carbocycles. The molecule has 0 radical (unpaired) electrons. The lowest BCUT2D eigenvalue weighted by molar-refractivity contribution is -0.120. The molecule has 134 valence electrons. The highest BCUT2D eigenvalue weighted by molar-refractivity contribution is 5.95. The first-order valence-electron chi connectivity index (χ1n) is 8.77. The fourth-order valence-corrected chi connectivity index (χ4v) is 3.17. The summed E-state index contributed by atoms with van der Waals surface area (Å²) in [5.74, 6) is 0.259. The lowest BCUT2D eigenvalue weighted by Gasteiger charge is -2.24. The monoisotopic (exact) mass is 343 g/mol. The topological polar surface area (TPSA) is 91.8 Å². The molecule has 0 unspecified atom stereocenters. The summed E-state index contributed by atoms with van der Waals surface area (Å²) < 4.78 is 1.91. The van der Waals surface area contributed by atoms with Crippen molar-refractivity contribution in [1.29, 1.82) is 0 Å². The van der Waals surface area contributed by atoms with Crippen molar-refractivity contribution in [3.05, 3.63) is 41.5 Å². The summed E-state index contributed by atoms with van der Waals surface area (Å²) >= 11 is 0. The van der Waals surface area contributed by atoms with Gasteiger partial charge in [-0.05, 0) is 44.7 Å². The number of carbonyl (C=O) groups excluding carboxylic acids is 2. The Morgan fingerprint density at radius 1 is 1.44 bits per heavy atom. The molecular weight excluding hydrogens is 318 g/mol. The van der Waals surface area contributed by atoms with E-state index in [0.29, 0.717) is 24.4 Å². The van der Waals surface area contributed by atoms with E-state index in [9.17, 15) is 9.59 Å². The zero-order valence-electron chi connectivity index (χ0n) is 14.7. The maximum atomic E-state index is 12.3. The first-order chi connectivity index (χ1) is 12.0. The van der Waals surface area contributed by atoms with Crippen LogP contribution in [0.15, 0.2) is 24.5 Å². The SMILES string of the molecule is CC(C)NC(=O)c1cnn2c1C[C@@H](CNC(=O)Cc1ccc[nH]1)CC2. The third-order valence-corrected chi connectivity index (χ3v) is 4.45. The molecule has 0 saturated carbocycles. The van der Waals surface area contributed by atoms with Crippen LogP contribution in [0.3, 0.4) is 0 Å². The minimum atomic E-state index is -0.0762. The van der Waals surface area contributed by atoms with Gasteiger partial charge in [-0.2, -0.15) is 5.10 Å². The molecule has 0 saturated heterocycles. The number of carbonyl (C=O) groups is 2. The summed E-state index contributed by atoms with van der Waals surface area (Å²) in [6.07, 6.45) is 5.53. The van der Waals surface area contributed by atoms with Crippen molar-refractivity contribution in [2.45, 2.75) is 45.7 Å². The van der Waals surface area contributed by atoms with Crippen LogP contribution in [0.1, 0.15) is 42.0 Å². The van der Waals surface area contributed by atoms with E-state index in [-0.39, 0.29) is 17.9 Å². The van der Waals surface area contributed by atoms with Crippen molar-refractivity contribution in [3.63, 3.8) is 0 Å². The molecular formula is C18H25N5O2. The van der Waals surface area contributed by atoms with Crippen LogP contribution in [-0.2, 0) is 24.2 Å². The van der Waals surface area contributed by atoms with E-state index in [1.165, 1.54) is 0 Å². The van der Waals surface area contributed by atoms with Crippen molar-refractivity contribution < 1.29 is 9.59 Å². The molecule has 1 aliphatic rings. The van der Waals surface area contributed by atoms with Crippen molar-refractivity contribution in [3.8, 4) is 0 Å². The van der Waals surface area contributed by atoms with Gasteiger partial charge in [0.1, 0.15) is 0 Å². The predicted octanol–water partition coefficient (Wildman–Crippen LogP) is 1.27. The lowest BCUT2D eigenvalue weighted by Crippen LogP contribution is -2.35. The van der Waals surface area contributed by atoms with Crippen molar-refractivity contribution in [2.24, 2.45) is 5.92 Å². The Labute approximate surface area is 147 Å². The number of aromatic amines is 1. The van der Waals surface area contributed by atoms with E-state index in [1.54, 1.807) is 6.20 Å². The van der Waals surface area contributed by atoms with E-state index in [2.05, 4.69) is 20.7 Å². The molecule has 7 heteroatoms. The number of rotatable bonds is 6. The van der Waals surface area contributed by atoms with Gasteiger partial charge in [-0.25, -0.2) is 0 Å². The Kier molecular flexibility index (Phi) is 5.21. The third-order valence-electron chi connectivity index (χ3n) is 4.45. The molecule has 1 atom stereocenters. The average molecular weight is 343 g/mol. The molecule has 2 aromatic rings. The molecule has 0 aliphatic carbocycles. The molecule has 3 rings (SSSR count). The molecule has 0 fully saturated rings. The highest BCUT2D eigenvalue weighted by Gasteiger charge is 2.25. The Balaban J connectivity index is 1.56. The second-order valence-electron chi connectivity index (χ2n) is 6.89. The Morgan fingerprint density at radius 3 is 3.00 bits per heavy atom. The summed E-state index contributed by atoms with van der Waals surface area (Å²) in [6.45, 7) is 5.28. The van der Waals surface area contributed by atoms with Crippen LogP contribution in [-0.4, -0.2) is 39.2 Å². The molecule has 0 spiro atoms. The van der Waals surface area contributed by atoms with E-state index >= 15 is 0 Å². The lowest BCUT2D eigenvalue weighted by atomic mass is 9.94. The van der Waals surface area contributed by atoms with Crippen LogP contribution in [0.2, 0.25) is 0 Å². The van der Waals surface area contributed by atoms with Crippen LogP contribution in [0, 0.1) is 5.92 Å². The van der Waals surface area contributed by atoms with E-state index in [1.807, 2.05) is 36.9 Å². The van der Waals surface area contributed by atoms with Crippen molar-refractivity contribution in [1.82, 2.24) is 25.4 Å². The van der Waals surface area contributed by atoms with Crippen LogP contribution >= 0.6 is 0 Å². The molecule has 0 bridgehead atoms. The van der Waals surface area contributed by atoms with Gasteiger partial charge >= 0.3 is 0 Å². The number of aryl methyl sites for hydroxylation is 1. The van der Waals surface area contributed by atoms with Crippen molar-refractivity contribution in [2.75, 3.05) is 6.54 Å². The van der Waals surface area contributed by atoms with E-state index in [4.69, 9.17) is 0 Å². The normalized spacial score (nSPS) is 16.5. The third kappa shape index (κ3) is 4.29. The maximum absolute atomic E-state index is 12.3. The van der Waals surface area contributed by atoms with Crippen LogP contribution in [0.5, 0.6) is 0 Å². The molecule has 1 aliphatic heterocycles. The highest BCUT2D eigenvalue weighted by Crippen LogP contribution is 2.22. The van der Waals surface area contributed by atoms with E-state index in [0.717, 1.165) is 30.8 Å². The quantitative estimate of drug-likeness (QED) is 0.737. The minimum absolute atomic E-state index is 0.0132. The van der Waals surface area contributed by atoms with Gasteiger partial charge in [-0.1, -0.05) is 0 Å².